The van der Waals surface area contributed by atoms with Crippen LogP contribution in [0.3, 0.4) is 0 Å². The van der Waals surface area contributed by atoms with E-state index in [-0.39, 0.29) is 30.6 Å². The first-order valence-electron chi connectivity index (χ1n) is 9.69. The first-order chi connectivity index (χ1) is 13.3. The Morgan fingerprint density at radius 1 is 1.04 bits per heavy atom. The molecule has 2 amide bonds. The summed E-state index contributed by atoms with van der Waals surface area (Å²) in [6, 6.07) is 11.4. The van der Waals surface area contributed by atoms with Gasteiger partial charge in [-0.3, -0.25) is 9.59 Å². The van der Waals surface area contributed by atoms with E-state index in [0.717, 1.165) is 28.7 Å². The average molecular weight is 384 g/mol. The van der Waals surface area contributed by atoms with Gasteiger partial charge >= 0.3 is 0 Å². The molecule has 0 heterocycles. The number of halogens is 1. The summed E-state index contributed by atoms with van der Waals surface area (Å²) < 4.78 is 13.2. The number of hydrogen-bond donors (Lipinski definition) is 1. The zero-order valence-corrected chi connectivity index (χ0v) is 17.1. The van der Waals surface area contributed by atoms with E-state index in [4.69, 9.17) is 0 Å². The summed E-state index contributed by atoms with van der Waals surface area (Å²) in [7, 11) is 0. The van der Waals surface area contributed by atoms with Crippen LogP contribution in [0.1, 0.15) is 42.5 Å². The Bertz CT molecular complexity index is 798. The third kappa shape index (κ3) is 6.19. The lowest BCUT2D eigenvalue weighted by Crippen LogP contribution is -2.48. The topological polar surface area (TPSA) is 49.4 Å². The van der Waals surface area contributed by atoms with Gasteiger partial charge in [0.1, 0.15) is 11.9 Å². The summed E-state index contributed by atoms with van der Waals surface area (Å²) >= 11 is 0. The fraction of sp³-hybridized carbons (Fsp3) is 0.391. The Hall–Kier alpha value is -2.69. The van der Waals surface area contributed by atoms with Crippen molar-refractivity contribution in [3.63, 3.8) is 0 Å². The quantitative estimate of drug-likeness (QED) is 0.750. The average Bonchev–Trinajstić information content (AvgIpc) is 2.64. The highest BCUT2D eigenvalue weighted by molar-refractivity contribution is 5.88. The maximum atomic E-state index is 13.2. The van der Waals surface area contributed by atoms with E-state index in [9.17, 15) is 14.0 Å². The SMILES string of the molecule is CCCNC(=O)[C@H](C)N(Cc1ccc(F)cc1)C(=O)Cc1cc(C)cc(C)c1. The highest BCUT2D eigenvalue weighted by atomic mass is 19.1. The second-order valence-corrected chi connectivity index (χ2v) is 7.29. The fourth-order valence-electron chi connectivity index (χ4n) is 3.21. The number of nitrogens with one attached hydrogen (secondary N) is 1. The number of aryl methyl sites for hydroxylation is 2. The van der Waals surface area contributed by atoms with Crippen LogP contribution >= 0.6 is 0 Å². The second-order valence-electron chi connectivity index (χ2n) is 7.29. The van der Waals surface area contributed by atoms with Crippen molar-refractivity contribution in [3.8, 4) is 0 Å². The Balaban J connectivity index is 2.23. The van der Waals surface area contributed by atoms with Gasteiger partial charge in [0, 0.05) is 13.1 Å². The Morgan fingerprint density at radius 2 is 1.64 bits per heavy atom. The summed E-state index contributed by atoms with van der Waals surface area (Å²) in [5, 5.41) is 2.85. The van der Waals surface area contributed by atoms with Gasteiger partial charge in [0.05, 0.1) is 6.42 Å². The molecule has 0 unspecified atom stereocenters. The molecule has 0 fully saturated rings. The van der Waals surface area contributed by atoms with Gasteiger partial charge < -0.3 is 10.2 Å². The molecule has 28 heavy (non-hydrogen) atoms. The van der Waals surface area contributed by atoms with E-state index in [0.29, 0.717) is 6.54 Å². The van der Waals surface area contributed by atoms with Gasteiger partial charge in [-0.25, -0.2) is 4.39 Å². The zero-order valence-electron chi connectivity index (χ0n) is 17.1. The van der Waals surface area contributed by atoms with Crippen molar-refractivity contribution in [2.24, 2.45) is 0 Å². The van der Waals surface area contributed by atoms with E-state index >= 15 is 0 Å². The van der Waals surface area contributed by atoms with Crippen LogP contribution in [0.2, 0.25) is 0 Å². The second kappa shape index (κ2) is 10.0. The molecule has 2 aromatic rings. The Labute approximate surface area is 166 Å². The predicted octanol–water partition coefficient (Wildman–Crippen LogP) is 3.93. The normalized spacial score (nSPS) is 11.8. The molecule has 0 aromatic heterocycles. The molecule has 150 valence electrons. The van der Waals surface area contributed by atoms with Gasteiger partial charge in [-0.2, -0.15) is 0 Å². The van der Waals surface area contributed by atoms with Gasteiger partial charge in [-0.1, -0.05) is 48.4 Å². The molecule has 0 saturated heterocycles. The lowest BCUT2D eigenvalue weighted by Gasteiger charge is -2.29. The highest BCUT2D eigenvalue weighted by Crippen LogP contribution is 2.15. The summed E-state index contributed by atoms with van der Waals surface area (Å²) in [5.41, 5.74) is 3.90. The van der Waals surface area contributed by atoms with Crippen molar-refractivity contribution in [2.45, 2.75) is 53.1 Å². The summed E-state index contributed by atoms with van der Waals surface area (Å²) in [5.74, 6) is -0.642. The maximum Gasteiger partial charge on any atom is 0.242 e. The van der Waals surface area contributed by atoms with Crippen LogP contribution in [0.25, 0.3) is 0 Å². The molecule has 1 atom stereocenters. The first kappa shape index (κ1) is 21.6. The standard InChI is InChI=1S/C23H29FN2O2/c1-5-10-25-23(28)18(4)26(15-19-6-8-21(24)9-7-19)22(27)14-20-12-16(2)11-17(3)13-20/h6-9,11-13,18H,5,10,14-15H2,1-4H3,(H,25,28)/t18-/m0/s1. The maximum absolute atomic E-state index is 13.2. The minimum absolute atomic E-state index is 0.131. The van der Waals surface area contributed by atoms with Crippen molar-refractivity contribution < 1.29 is 14.0 Å². The van der Waals surface area contributed by atoms with Gasteiger partial charge in [-0.15, -0.1) is 0 Å². The Morgan fingerprint density at radius 3 is 2.21 bits per heavy atom. The summed E-state index contributed by atoms with van der Waals surface area (Å²) in [4.78, 5) is 27.2. The third-order valence-corrected chi connectivity index (χ3v) is 4.62. The van der Waals surface area contributed by atoms with Crippen molar-refractivity contribution in [2.75, 3.05) is 6.54 Å². The summed E-state index contributed by atoms with van der Waals surface area (Å²) in [6.45, 7) is 8.53. The van der Waals surface area contributed by atoms with Crippen molar-refractivity contribution in [3.05, 3.63) is 70.5 Å². The number of benzene rings is 2. The molecule has 0 radical (unpaired) electrons. The molecule has 0 aliphatic rings. The molecule has 0 saturated carbocycles. The van der Waals surface area contributed by atoms with Crippen molar-refractivity contribution >= 4 is 11.8 Å². The number of hydrogen-bond acceptors (Lipinski definition) is 2. The van der Waals surface area contributed by atoms with E-state index in [1.54, 1.807) is 24.0 Å². The number of carbonyl (C=O) groups excluding carboxylic acids is 2. The Kier molecular flexibility index (Phi) is 7.73. The minimum Gasteiger partial charge on any atom is -0.354 e. The molecule has 0 aliphatic heterocycles. The van der Waals surface area contributed by atoms with Crippen molar-refractivity contribution in [1.82, 2.24) is 10.2 Å². The third-order valence-electron chi connectivity index (χ3n) is 4.62. The monoisotopic (exact) mass is 384 g/mol. The number of amides is 2. The van der Waals surface area contributed by atoms with Gasteiger partial charge in [-0.05, 0) is 50.5 Å². The lowest BCUT2D eigenvalue weighted by molar-refractivity contribution is -0.140. The molecule has 0 aliphatic carbocycles. The highest BCUT2D eigenvalue weighted by Gasteiger charge is 2.26. The van der Waals surface area contributed by atoms with E-state index in [1.165, 1.54) is 12.1 Å². The predicted molar refractivity (Wildman–Crippen MR) is 109 cm³/mol. The van der Waals surface area contributed by atoms with Crippen LogP contribution in [0, 0.1) is 19.7 Å². The van der Waals surface area contributed by atoms with Crippen LogP contribution < -0.4 is 5.32 Å². The fourth-order valence-corrected chi connectivity index (χ4v) is 3.21. The van der Waals surface area contributed by atoms with Gasteiger partial charge in [0.15, 0.2) is 0 Å². The van der Waals surface area contributed by atoms with Gasteiger partial charge in [0.2, 0.25) is 11.8 Å². The minimum atomic E-state index is -0.616. The first-order valence-corrected chi connectivity index (χ1v) is 9.69. The molecular weight excluding hydrogens is 355 g/mol. The smallest absolute Gasteiger partial charge is 0.242 e. The molecule has 0 spiro atoms. The molecular formula is C23H29FN2O2. The molecule has 0 bridgehead atoms. The van der Waals surface area contributed by atoms with E-state index < -0.39 is 6.04 Å². The summed E-state index contributed by atoms with van der Waals surface area (Å²) in [6.07, 6.45) is 1.04. The molecule has 2 rings (SSSR count). The van der Waals surface area contributed by atoms with Crippen LogP contribution in [-0.4, -0.2) is 29.3 Å². The van der Waals surface area contributed by atoms with Crippen LogP contribution in [-0.2, 0) is 22.6 Å². The molecule has 2 aromatic carbocycles. The van der Waals surface area contributed by atoms with Crippen LogP contribution in [0.4, 0.5) is 4.39 Å². The van der Waals surface area contributed by atoms with Crippen LogP contribution in [0.5, 0.6) is 0 Å². The number of nitrogens with zero attached hydrogens (tertiary/aromatic N) is 1. The molecule has 1 N–H and O–H groups in total. The van der Waals surface area contributed by atoms with Crippen molar-refractivity contribution in [1.29, 1.82) is 0 Å². The molecule has 5 heteroatoms. The number of carbonyl (C=O) groups is 2. The zero-order chi connectivity index (χ0) is 20.7. The molecule has 4 nitrogen and oxygen atoms in total. The lowest BCUT2D eigenvalue weighted by atomic mass is 10.0. The van der Waals surface area contributed by atoms with Crippen LogP contribution in [0.15, 0.2) is 42.5 Å². The van der Waals surface area contributed by atoms with E-state index in [2.05, 4.69) is 11.4 Å². The van der Waals surface area contributed by atoms with E-state index in [1.807, 2.05) is 32.9 Å². The van der Waals surface area contributed by atoms with Gasteiger partial charge in [0.25, 0.3) is 0 Å². The largest absolute Gasteiger partial charge is 0.354 e. The number of rotatable bonds is 8.